The van der Waals surface area contributed by atoms with Crippen LogP contribution in [0, 0.1) is 5.92 Å². The van der Waals surface area contributed by atoms with Crippen LogP contribution in [0.2, 0.25) is 0 Å². The minimum Gasteiger partial charge on any atom is -0.440 e. The van der Waals surface area contributed by atoms with E-state index in [0.717, 1.165) is 65.3 Å². The molecule has 0 spiro atoms. The van der Waals surface area contributed by atoms with Crippen molar-refractivity contribution >= 4 is 5.91 Å². The first kappa shape index (κ1) is 27.7. The highest BCUT2D eigenvalue weighted by Gasteiger charge is 2.34. The van der Waals surface area contributed by atoms with Gasteiger partial charge in [0, 0.05) is 22.6 Å². The van der Waals surface area contributed by atoms with Gasteiger partial charge in [-0.1, -0.05) is 110 Å². The molecular formula is C37H36N2O3. The number of aliphatic hydroxyl groups excluding tert-OH is 1. The molecule has 0 saturated heterocycles. The Balaban J connectivity index is 1.19. The van der Waals surface area contributed by atoms with E-state index in [1.54, 1.807) is 0 Å². The first-order valence-corrected chi connectivity index (χ1v) is 14.8. The summed E-state index contributed by atoms with van der Waals surface area (Å²) >= 11 is 0. The van der Waals surface area contributed by atoms with Crippen LogP contribution < -0.4 is 5.32 Å². The number of nitrogens with zero attached hydrogens (tertiary/aromatic N) is 1. The summed E-state index contributed by atoms with van der Waals surface area (Å²) in [6.07, 6.45) is 4.68. The molecule has 212 valence electrons. The summed E-state index contributed by atoms with van der Waals surface area (Å²) in [5.74, 6) is 2.04. The molecule has 5 nitrogen and oxygen atoms in total. The molecule has 1 fully saturated rings. The van der Waals surface area contributed by atoms with Gasteiger partial charge in [-0.15, -0.1) is 0 Å². The van der Waals surface area contributed by atoms with Gasteiger partial charge in [-0.05, 0) is 54.9 Å². The summed E-state index contributed by atoms with van der Waals surface area (Å²) < 4.78 is 6.58. The van der Waals surface area contributed by atoms with E-state index in [1.807, 2.05) is 84.9 Å². The van der Waals surface area contributed by atoms with E-state index in [0.29, 0.717) is 17.9 Å². The normalized spacial score (nSPS) is 17.2. The van der Waals surface area contributed by atoms with Crippen molar-refractivity contribution in [1.82, 2.24) is 10.3 Å². The van der Waals surface area contributed by atoms with E-state index in [4.69, 9.17) is 9.40 Å². The Morgan fingerprint density at radius 2 is 1.50 bits per heavy atom. The van der Waals surface area contributed by atoms with Crippen LogP contribution in [0.5, 0.6) is 0 Å². The fraction of sp³-hybridized carbons (Fsp3) is 0.243. The number of aliphatic hydroxyl groups is 1. The molecule has 0 aliphatic heterocycles. The highest BCUT2D eigenvalue weighted by Crippen LogP contribution is 2.44. The number of hydrogen-bond donors (Lipinski definition) is 2. The average molecular weight is 557 g/mol. The van der Waals surface area contributed by atoms with Gasteiger partial charge in [-0.3, -0.25) is 4.79 Å². The third-order valence-corrected chi connectivity index (χ3v) is 8.27. The van der Waals surface area contributed by atoms with Gasteiger partial charge in [0.25, 0.3) is 5.91 Å². The van der Waals surface area contributed by atoms with Crippen LogP contribution in [-0.2, 0) is 12.8 Å². The Morgan fingerprint density at radius 3 is 2.21 bits per heavy atom. The van der Waals surface area contributed by atoms with Gasteiger partial charge in [-0.25, -0.2) is 4.98 Å². The standard InChI is InChI=1S/C37H36N2O3/c40-25-32(24-26-12-4-1-5-13-26)38-36(41)31-20-10-14-27(23-31)22-30-19-11-21-33(30)37-39-34(28-15-6-2-7-16-28)35(42-37)29-17-8-3-9-18-29/h1-10,12-18,20,23,30,32-33,40H,11,19,21-22,24-25H2,(H,38,41)/t30-,32-,33+/m0/s1. The van der Waals surface area contributed by atoms with Crippen LogP contribution in [-0.4, -0.2) is 28.6 Å². The van der Waals surface area contributed by atoms with Crippen molar-refractivity contribution in [3.8, 4) is 22.6 Å². The molecule has 1 aliphatic carbocycles. The molecule has 5 aromatic rings. The minimum atomic E-state index is -0.342. The second-order valence-corrected chi connectivity index (χ2v) is 11.2. The van der Waals surface area contributed by atoms with Crippen molar-refractivity contribution in [2.45, 2.75) is 44.1 Å². The molecule has 1 amide bonds. The highest BCUT2D eigenvalue weighted by atomic mass is 16.4. The maximum absolute atomic E-state index is 13.1. The Labute approximate surface area is 247 Å². The summed E-state index contributed by atoms with van der Waals surface area (Å²) in [7, 11) is 0. The topological polar surface area (TPSA) is 75.4 Å². The number of nitrogens with one attached hydrogen (secondary N) is 1. The van der Waals surface area contributed by atoms with E-state index in [1.165, 1.54) is 0 Å². The Kier molecular flexibility index (Phi) is 8.57. The van der Waals surface area contributed by atoms with Gasteiger partial charge in [-0.2, -0.15) is 0 Å². The van der Waals surface area contributed by atoms with Crippen LogP contribution in [0.1, 0.15) is 52.6 Å². The zero-order chi connectivity index (χ0) is 28.7. The highest BCUT2D eigenvalue weighted by molar-refractivity contribution is 5.94. The number of amides is 1. The molecule has 1 heterocycles. The van der Waals surface area contributed by atoms with Crippen molar-refractivity contribution in [3.05, 3.63) is 138 Å². The summed E-state index contributed by atoms with van der Waals surface area (Å²) in [6.45, 7) is -0.115. The summed E-state index contributed by atoms with van der Waals surface area (Å²) in [5, 5.41) is 12.9. The van der Waals surface area contributed by atoms with Gasteiger partial charge in [0.1, 0.15) is 5.69 Å². The molecule has 3 atom stereocenters. The van der Waals surface area contributed by atoms with E-state index < -0.39 is 0 Å². The molecule has 0 radical (unpaired) electrons. The molecule has 0 bridgehead atoms. The number of carbonyl (C=O) groups is 1. The van der Waals surface area contributed by atoms with E-state index >= 15 is 0 Å². The van der Waals surface area contributed by atoms with Gasteiger partial charge in [0.05, 0.1) is 12.6 Å². The number of carbonyl (C=O) groups excluding carboxylic acids is 1. The Morgan fingerprint density at radius 1 is 0.833 bits per heavy atom. The number of benzene rings is 4. The third kappa shape index (κ3) is 6.37. The van der Waals surface area contributed by atoms with Crippen LogP contribution >= 0.6 is 0 Å². The SMILES string of the molecule is O=C(N[C@H](CO)Cc1ccccc1)c1cccc(C[C@@H]2CCC[C@H]2c2nc(-c3ccccc3)c(-c3ccccc3)o2)c1. The van der Waals surface area contributed by atoms with E-state index in [-0.39, 0.29) is 24.5 Å². The first-order valence-electron chi connectivity index (χ1n) is 14.8. The maximum atomic E-state index is 13.1. The van der Waals surface area contributed by atoms with Crippen LogP contribution in [0.4, 0.5) is 0 Å². The average Bonchev–Trinajstić information content (AvgIpc) is 3.69. The molecule has 2 N–H and O–H groups in total. The first-order chi connectivity index (χ1) is 20.7. The summed E-state index contributed by atoms with van der Waals surface area (Å²) in [5.41, 5.74) is 5.78. The van der Waals surface area contributed by atoms with Gasteiger partial charge in [0.2, 0.25) is 0 Å². The number of rotatable bonds is 10. The smallest absolute Gasteiger partial charge is 0.251 e. The molecule has 1 aromatic heterocycles. The van der Waals surface area contributed by atoms with Crippen molar-refractivity contribution in [2.75, 3.05) is 6.61 Å². The van der Waals surface area contributed by atoms with Crippen molar-refractivity contribution < 1.29 is 14.3 Å². The Bertz CT molecular complexity index is 1540. The zero-order valence-electron chi connectivity index (χ0n) is 23.7. The molecule has 6 rings (SSSR count). The van der Waals surface area contributed by atoms with E-state index in [9.17, 15) is 9.90 Å². The lowest BCUT2D eigenvalue weighted by Crippen LogP contribution is -2.39. The molecule has 5 heteroatoms. The van der Waals surface area contributed by atoms with Crippen molar-refractivity contribution in [3.63, 3.8) is 0 Å². The van der Waals surface area contributed by atoms with E-state index in [2.05, 4.69) is 35.6 Å². The number of aromatic nitrogens is 1. The van der Waals surface area contributed by atoms with Gasteiger partial charge >= 0.3 is 0 Å². The lowest BCUT2D eigenvalue weighted by molar-refractivity contribution is 0.0916. The molecule has 0 unspecified atom stereocenters. The molecule has 1 saturated carbocycles. The predicted molar refractivity (Wildman–Crippen MR) is 166 cm³/mol. The fourth-order valence-electron chi connectivity index (χ4n) is 6.15. The van der Waals surface area contributed by atoms with Crippen LogP contribution in [0.3, 0.4) is 0 Å². The minimum absolute atomic E-state index is 0.115. The second kappa shape index (κ2) is 13.0. The molecule has 4 aromatic carbocycles. The zero-order valence-corrected chi connectivity index (χ0v) is 23.7. The maximum Gasteiger partial charge on any atom is 0.251 e. The lowest BCUT2D eigenvalue weighted by Gasteiger charge is -2.18. The molecule has 1 aliphatic rings. The quantitative estimate of drug-likeness (QED) is 0.187. The van der Waals surface area contributed by atoms with Gasteiger partial charge in [0.15, 0.2) is 11.7 Å². The summed E-state index contributed by atoms with van der Waals surface area (Å²) in [6, 6.07) is 37.9. The summed E-state index contributed by atoms with van der Waals surface area (Å²) in [4.78, 5) is 18.2. The Hall–Kier alpha value is -4.48. The number of hydrogen-bond acceptors (Lipinski definition) is 4. The third-order valence-electron chi connectivity index (χ3n) is 8.27. The van der Waals surface area contributed by atoms with Crippen LogP contribution in [0.15, 0.2) is 120 Å². The largest absolute Gasteiger partial charge is 0.440 e. The van der Waals surface area contributed by atoms with Gasteiger partial charge < -0.3 is 14.8 Å². The number of oxazole rings is 1. The predicted octanol–water partition coefficient (Wildman–Crippen LogP) is 7.47. The monoisotopic (exact) mass is 556 g/mol. The van der Waals surface area contributed by atoms with Crippen LogP contribution in [0.25, 0.3) is 22.6 Å². The molecular weight excluding hydrogens is 520 g/mol. The fourth-order valence-corrected chi connectivity index (χ4v) is 6.15. The van der Waals surface area contributed by atoms with Crippen molar-refractivity contribution in [2.24, 2.45) is 5.92 Å². The second-order valence-electron chi connectivity index (χ2n) is 11.2. The lowest BCUT2D eigenvalue weighted by atomic mass is 9.89. The molecule has 42 heavy (non-hydrogen) atoms. The van der Waals surface area contributed by atoms with Crippen molar-refractivity contribution in [1.29, 1.82) is 0 Å².